The molecule has 0 aliphatic heterocycles. The van der Waals surface area contributed by atoms with Gasteiger partial charge in [0.25, 0.3) is 0 Å². The lowest BCUT2D eigenvalue weighted by Crippen LogP contribution is -2.43. The summed E-state index contributed by atoms with van der Waals surface area (Å²) in [5.41, 5.74) is 5.35. The second-order valence-corrected chi connectivity index (χ2v) is 5.59. The van der Waals surface area contributed by atoms with Gasteiger partial charge in [0.1, 0.15) is 0 Å². The zero-order chi connectivity index (χ0) is 12.8. The van der Waals surface area contributed by atoms with E-state index in [2.05, 4.69) is 15.9 Å². The lowest BCUT2D eigenvalue weighted by Gasteiger charge is -2.26. The van der Waals surface area contributed by atoms with Crippen LogP contribution in [0.3, 0.4) is 0 Å². The van der Waals surface area contributed by atoms with Crippen LogP contribution in [0.1, 0.15) is 11.8 Å². The summed E-state index contributed by atoms with van der Waals surface area (Å²) < 4.78 is 6.12. The van der Waals surface area contributed by atoms with Crippen molar-refractivity contribution >= 4 is 33.2 Å². The lowest BCUT2D eigenvalue weighted by molar-refractivity contribution is -0.123. The monoisotopic (exact) mass is 320 g/mol. The number of carbonyl (C=O) groups excluding carboxylic acids is 1. The zero-order valence-corrected chi connectivity index (χ0v) is 12.4. The van der Waals surface area contributed by atoms with Crippen LogP contribution in [0, 0.1) is 0 Å². The van der Waals surface area contributed by atoms with Crippen molar-refractivity contribution in [3.8, 4) is 0 Å². The van der Waals surface area contributed by atoms with Crippen LogP contribution < -0.4 is 5.73 Å². The molecule has 1 unspecified atom stereocenters. The van der Waals surface area contributed by atoms with Crippen LogP contribution >= 0.6 is 27.3 Å². The Bertz CT molecular complexity index is 370. The Hall–Kier alpha value is -0.430. The number of methoxy groups -OCH3 is 1. The quantitative estimate of drug-likeness (QED) is 0.834. The van der Waals surface area contributed by atoms with Crippen molar-refractivity contribution in [2.24, 2.45) is 5.73 Å². The average molecular weight is 321 g/mol. The minimum atomic E-state index is -0.311. The number of hydrogen-bond acceptors (Lipinski definition) is 4. The van der Waals surface area contributed by atoms with E-state index in [1.54, 1.807) is 18.4 Å². The van der Waals surface area contributed by atoms with E-state index in [4.69, 9.17) is 10.5 Å². The number of nitrogens with two attached hydrogens (primary N) is 1. The highest BCUT2D eigenvalue weighted by molar-refractivity contribution is 9.10. The summed E-state index contributed by atoms with van der Waals surface area (Å²) in [5.74, 6) is -0.311. The van der Waals surface area contributed by atoms with Crippen LogP contribution in [-0.2, 0) is 16.1 Å². The number of primary amides is 1. The number of hydrogen-bond donors (Lipinski definition) is 1. The van der Waals surface area contributed by atoms with Gasteiger partial charge in [0.2, 0.25) is 5.91 Å². The first kappa shape index (κ1) is 14.6. The minimum absolute atomic E-state index is 0.292. The molecule has 0 saturated carbocycles. The SMILES string of the molecule is COCCN(Cc1sccc1Br)C(C)C(N)=O. The molecule has 0 saturated heterocycles. The molecule has 96 valence electrons. The van der Waals surface area contributed by atoms with Crippen LogP contribution in [0.4, 0.5) is 0 Å². The first-order valence-electron chi connectivity index (χ1n) is 5.30. The highest BCUT2D eigenvalue weighted by Gasteiger charge is 2.20. The Kier molecular flexibility index (Phi) is 6.11. The number of carbonyl (C=O) groups is 1. The van der Waals surface area contributed by atoms with Gasteiger partial charge in [-0.1, -0.05) is 0 Å². The maximum absolute atomic E-state index is 11.2. The fraction of sp³-hybridized carbons (Fsp3) is 0.545. The van der Waals surface area contributed by atoms with Gasteiger partial charge in [-0.05, 0) is 34.3 Å². The number of rotatable bonds is 7. The summed E-state index contributed by atoms with van der Waals surface area (Å²) in [6, 6.07) is 1.71. The molecule has 1 aromatic heterocycles. The summed E-state index contributed by atoms with van der Waals surface area (Å²) in [6.45, 7) is 3.79. The van der Waals surface area contributed by atoms with E-state index >= 15 is 0 Å². The first-order chi connectivity index (χ1) is 8.06. The van der Waals surface area contributed by atoms with Crippen molar-refractivity contribution in [1.29, 1.82) is 0 Å². The molecule has 4 nitrogen and oxygen atoms in total. The Morgan fingerprint density at radius 3 is 2.88 bits per heavy atom. The Morgan fingerprint density at radius 1 is 1.71 bits per heavy atom. The van der Waals surface area contributed by atoms with Gasteiger partial charge in [-0.2, -0.15) is 0 Å². The molecule has 0 spiro atoms. The molecule has 1 heterocycles. The molecule has 0 fully saturated rings. The summed E-state index contributed by atoms with van der Waals surface area (Å²) in [6.07, 6.45) is 0. The molecular weight excluding hydrogens is 304 g/mol. The lowest BCUT2D eigenvalue weighted by atomic mass is 10.2. The summed E-state index contributed by atoms with van der Waals surface area (Å²) in [4.78, 5) is 14.5. The standard InChI is InChI=1S/C11H17BrN2O2S/c1-8(11(13)15)14(4-5-16-2)7-10-9(12)3-6-17-10/h3,6,8H,4-5,7H2,1-2H3,(H2,13,15). The van der Waals surface area contributed by atoms with E-state index in [-0.39, 0.29) is 11.9 Å². The van der Waals surface area contributed by atoms with E-state index in [0.717, 1.165) is 4.47 Å². The van der Waals surface area contributed by atoms with E-state index in [1.807, 2.05) is 23.3 Å². The second-order valence-electron chi connectivity index (χ2n) is 3.73. The Labute approximate surface area is 114 Å². The maximum atomic E-state index is 11.2. The molecular formula is C11H17BrN2O2S. The molecule has 0 radical (unpaired) electrons. The average Bonchev–Trinajstić information content (AvgIpc) is 2.69. The van der Waals surface area contributed by atoms with Crippen molar-refractivity contribution in [1.82, 2.24) is 4.90 Å². The van der Waals surface area contributed by atoms with Crippen LogP contribution in [0.15, 0.2) is 15.9 Å². The zero-order valence-electron chi connectivity index (χ0n) is 9.98. The summed E-state index contributed by atoms with van der Waals surface area (Å²) >= 11 is 5.14. The van der Waals surface area contributed by atoms with Gasteiger partial charge >= 0.3 is 0 Å². The fourth-order valence-corrected chi connectivity index (χ4v) is 2.92. The minimum Gasteiger partial charge on any atom is -0.383 e. The van der Waals surface area contributed by atoms with E-state index in [9.17, 15) is 4.79 Å². The van der Waals surface area contributed by atoms with Crippen molar-refractivity contribution in [2.75, 3.05) is 20.3 Å². The molecule has 1 amide bonds. The largest absolute Gasteiger partial charge is 0.383 e. The molecule has 0 aliphatic rings. The Morgan fingerprint density at radius 2 is 2.41 bits per heavy atom. The molecule has 0 bridgehead atoms. The van der Waals surface area contributed by atoms with Gasteiger partial charge in [-0.15, -0.1) is 11.3 Å². The molecule has 6 heteroatoms. The predicted octanol–water partition coefficient (Wildman–Crippen LogP) is 1.83. The maximum Gasteiger partial charge on any atom is 0.234 e. The highest BCUT2D eigenvalue weighted by Crippen LogP contribution is 2.24. The second kappa shape index (κ2) is 7.10. The number of amides is 1. The smallest absolute Gasteiger partial charge is 0.234 e. The van der Waals surface area contributed by atoms with Crippen molar-refractivity contribution in [3.63, 3.8) is 0 Å². The topological polar surface area (TPSA) is 55.6 Å². The van der Waals surface area contributed by atoms with E-state index < -0.39 is 0 Å². The molecule has 1 rings (SSSR count). The molecule has 1 aromatic rings. The molecule has 17 heavy (non-hydrogen) atoms. The van der Waals surface area contributed by atoms with Crippen LogP contribution in [-0.4, -0.2) is 37.1 Å². The fourth-order valence-electron chi connectivity index (χ4n) is 1.42. The van der Waals surface area contributed by atoms with E-state index in [1.165, 1.54) is 4.88 Å². The van der Waals surface area contributed by atoms with Gasteiger partial charge < -0.3 is 10.5 Å². The molecule has 0 aliphatic carbocycles. The Balaban J connectivity index is 2.69. The highest BCUT2D eigenvalue weighted by atomic mass is 79.9. The van der Waals surface area contributed by atoms with Crippen LogP contribution in [0.5, 0.6) is 0 Å². The van der Waals surface area contributed by atoms with Gasteiger partial charge in [0, 0.05) is 29.5 Å². The third kappa shape index (κ3) is 4.39. The third-order valence-electron chi connectivity index (χ3n) is 2.58. The van der Waals surface area contributed by atoms with Gasteiger partial charge in [-0.25, -0.2) is 0 Å². The van der Waals surface area contributed by atoms with Gasteiger partial charge in [-0.3, -0.25) is 9.69 Å². The summed E-state index contributed by atoms with van der Waals surface area (Å²) in [5, 5.41) is 2.02. The van der Waals surface area contributed by atoms with Crippen molar-refractivity contribution < 1.29 is 9.53 Å². The third-order valence-corrected chi connectivity index (χ3v) is 4.49. The van der Waals surface area contributed by atoms with Gasteiger partial charge in [0.05, 0.1) is 12.6 Å². The first-order valence-corrected chi connectivity index (χ1v) is 6.97. The van der Waals surface area contributed by atoms with Crippen LogP contribution in [0.2, 0.25) is 0 Å². The van der Waals surface area contributed by atoms with Crippen molar-refractivity contribution in [3.05, 3.63) is 20.8 Å². The number of ether oxygens (including phenoxy) is 1. The number of thiophene rings is 1. The van der Waals surface area contributed by atoms with Crippen LogP contribution in [0.25, 0.3) is 0 Å². The van der Waals surface area contributed by atoms with E-state index in [0.29, 0.717) is 19.7 Å². The predicted molar refractivity (Wildman–Crippen MR) is 73.0 cm³/mol. The molecule has 2 N–H and O–H groups in total. The number of nitrogens with zero attached hydrogens (tertiary/aromatic N) is 1. The molecule has 0 aromatic carbocycles. The van der Waals surface area contributed by atoms with Crippen molar-refractivity contribution in [2.45, 2.75) is 19.5 Å². The number of halogens is 1. The van der Waals surface area contributed by atoms with Gasteiger partial charge in [0.15, 0.2) is 0 Å². The normalized spacial score (nSPS) is 12.9. The summed E-state index contributed by atoms with van der Waals surface area (Å²) in [7, 11) is 1.65. The molecule has 1 atom stereocenters.